The molecule has 9 nitrogen and oxygen atoms in total. The predicted molar refractivity (Wildman–Crippen MR) is 128 cm³/mol. The number of carbonyl (C=O) groups excluding carboxylic acids is 1. The van der Waals surface area contributed by atoms with E-state index >= 15 is 0 Å². The van der Waals surface area contributed by atoms with Crippen molar-refractivity contribution < 1.29 is 4.79 Å². The standard InChI is InChI=1S/C24H32N6O3/c1-26(16-18-9-11-19(12-10-18)29-13-5-4-6-14-29)20(31)8-7-15-30-17-25-22-21(30)23(32)28(3)24(33)27(22)2/h9-12,17H,4-8,13-16H2,1-3H3. The molecule has 0 unspecified atom stereocenters. The third kappa shape index (κ3) is 4.72. The number of aromatic nitrogens is 4. The Balaban J connectivity index is 1.33. The minimum atomic E-state index is -0.404. The zero-order valence-corrected chi connectivity index (χ0v) is 19.7. The van der Waals surface area contributed by atoms with Crippen LogP contribution in [0.1, 0.15) is 37.7 Å². The Hall–Kier alpha value is -3.36. The summed E-state index contributed by atoms with van der Waals surface area (Å²) in [6, 6.07) is 8.50. The second kappa shape index (κ2) is 9.64. The van der Waals surface area contributed by atoms with E-state index in [2.05, 4.69) is 34.1 Å². The van der Waals surface area contributed by atoms with Gasteiger partial charge >= 0.3 is 5.69 Å². The largest absolute Gasteiger partial charge is 0.372 e. The van der Waals surface area contributed by atoms with Gasteiger partial charge in [0.1, 0.15) is 0 Å². The number of nitrogens with zero attached hydrogens (tertiary/aromatic N) is 6. The van der Waals surface area contributed by atoms with E-state index < -0.39 is 5.69 Å². The van der Waals surface area contributed by atoms with Crippen LogP contribution in [0.4, 0.5) is 5.69 Å². The highest BCUT2D eigenvalue weighted by Crippen LogP contribution is 2.20. The molecule has 33 heavy (non-hydrogen) atoms. The fourth-order valence-corrected chi connectivity index (χ4v) is 4.48. The Labute approximate surface area is 192 Å². The van der Waals surface area contributed by atoms with Crippen LogP contribution in [0, 0.1) is 0 Å². The lowest BCUT2D eigenvalue weighted by molar-refractivity contribution is -0.130. The lowest BCUT2D eigenvalue weighted by Gasteiger charge is -2.29. The van der Waals surface area contributed by atoms with Crippen molar-refractivity contribution in [1.82, 2.24) is 23.6 Å². The Bertz CT molecular complexity index is 1250. The van der Waals surface area contributed by atoms with E-state index in [1.807, 2.05) is 7.05 Å². The normalized spacial score (nSPS) is 14.1. The second-order valence-corrected chi connectivity index (χ2v) is 8.88. The Morgan fingerprint density at radius 2 is 1.73 bits per heavy atom. The molecule has 1 aliphatic heterocycles. The molecule has 0 aliphatic carbocycles. The number of benzene rings is 1. The molecule has 1 fully saturated rings. The van der Waals surface area contributed by atoms with Gasteiger partial charge in [-0.2, -0.15) is 0 Å². The zero-order valence-electron chi connectivity index (χ0n) is 19.7. The molecular formula is C24H32N6O3. The number of fused-ring (bicyclic) bond motifs is 1. The average Bonchev–Trinajstić information content (AvgIpc) is 3.26. The number of rotatable bonds is 7. The number of aryl methyl sites for hydroxylation is 2. The summed E-state index contributed by atoms with van der Waals surface area (Å²) < 4.78 is 4.17. The van der Waals surface area contributed by atoms with Gasteiger partial charge in [0.15, 0.2) is 11.2 Å². The van der Waals surface area contributed by atoms with Gasteiger partial charge in [-0.05, 0) is 43.4 Å². The van der Waals surface area contributed by atoms with Gasteiger partial charge in [-0.3, -0.25) is 18.7 Å². The third-order valence-corrected chi connectivity index (χ3v) is 6.51. The topological polar surface area (TPSA) is 85.4 Å². The number of anilines is 1. The van der Waals surface area contributed by atoms with Crippen LogP contribution in [0.15, 0.2) is 40.2 Å². The number of hydrogen-bond donors (Lipinski definition) is 0. The fraction of sp³-hybridized carbons (Fsp3) is 0.500. The van der Waals surface area contributed by atoms with E-state index in [0.717, 1.165) is 23.2 Å². The maximum absolute atomic E-state index is 12.7. The monoisotopic (exact) mass is 452 g/mol. The van der Waals surface area contributed by atoms with Crippen molar-refractivity contribution in [2.24, 2.45) is 14.1 Å². The highest BCUT2D eigenvalue weighted by atomic mass is 16.2. The quantitative estimate of drug-likeness (QED) is 0.546. The Morgan fingerprint density at radius 3 is 2.42 bits per heavy atom. The third-order valence-electron chi connectivity index (χ3n) is 6.51. The summed E-state index contributed by atoms with van der Waals surface area (Å²) >= 11 is 0. The van der Waals surface area contributed by atoms with Gasteiger partial charge < -0.3 is 14.4 Å². The lowest BCUT2D eigenvalue weighted by atomic mass is 10.1. The SMILES string of the molecule is CN(Cc1ccc(N2CCCCC2)cc1)C(=O)CCCn1cnc2c1c(=O)n(C)c(=O)n2C. The second-order valence-electron chi connectivity index (χ2n) is 8.88. The van der Waals surface area contributed by atoms with Gasteiger partial charge in [-0.1, -0.05) is 12.1 Å². The Kier molecular flexibility index (Phi) is 6.67. The highest BCUT2D eigenvalue weighted by Gasteiger charge is 2.15. The molecule has 3 heterocycles. The first-order chi connectivity index (χ1) is 15.9. The molecule has 9 heteroatoms. The van der Waals surface area contributed by atoms with Crippen LogP contribution in [0.2, 0.25) is 0 Å². The number of hydrogen-bond acceptors (Lipinski definition) is 5. The van der Waals surface area contributed by atoms with Gasteiger partial charge in [0.25, 0.3) is 5.56 Å². The van der Waals surface area contributed by atoms with E-state index in [1.165, 1.54) is 36.6 Å². The summed E-state index contributed by atoms with van der Waals surface area (Å²) in [5, 5.41) is 0. The molecule has 2 aromatic heterocycles. The zero-order chi connectivity index (χ0) is 23.5. The molecule has 0 N–H and O–H groups in total. The highest BCUT2D eigenvalue weighted by molar-refractivity contribution is 5.76. The van der Waals surface area contributed by atoms with Crippen molar-refractivity contribution in [1.29, 1.82) is 0 Å². The van der Waals surface area contributed by atoms with Crippen molar-refractivity contribution in [2.45, 2.75) is 45.2 Å². The molecule has 0 radical (unpaired) electrons. The average molecular weight is 453 g/mol. The number of amides is 1. The number of imidazole rings is 1. The van der Waals surface area contributed by atoms with Crippen molar-refractivity contribution in [2.75, 3.05) is 25.0 Å². The van der Waals surface area contributed by atoms with Crippen LogP contribution < -0.4 is 16.1 Å². The van der Waals surface area contributed by atoms with Crippen molar-refractivity contribution in [3.63, 3.8) is 0 Å². The summed E-state index contributed by atoms with van der Waals surface area (Å²) in [4.78, 5) is 45.6. The molecule has 176 valence electrons. The van der Waals surface area contributed by atoms with Gasteiger partial charge in [0.2, 0.25) is 5.91 Å². The van der Waals surface area contributed by atoms with Crippen LogP contribution in [-0.2, 0) is 32.0 Å². The minimum absolute atomic E-state index is 0.0554. The molecule has 0 saturated carbocycles. The predicted octanol–water partition coefficient (Wildman–Crippen LogP) is 1.86. The van der Waals surface area contributed by atoms with Crippen molar-refractivity contribution in [3.05, 3.63) is 57.0 Å². The summed E-state index contributed by atoms with van der Waals surface area (Å²) in [6.45, 7) is 3.28. The maximum Gasteiger partial charge on any atom is 0.332 e. The van der Waals surface area contributed by atoms with E-state index in [4.69, 9.17) is 0 Å². The lowest BCUT2D eigenvalue weighted by Crippen LogP contribution is -2.37. The van der Waals surface area contributed by atoms with Crippen LogP contribution >= 0.6 is 0 Å². The van der Waals surface area contributed by atoms with E-state index in [-0.39, 0.29) is 11.5 Å². The smallest absolute Gasteiger partial charge is 0.332 e. The van der Waals surface area contributed by atoms with E-state index in [9.17, 15) is 14.4 Å². The first-order valence-electron chi connectivity index (χ1n) is 11.6. The summed E-state index contributed by atoms with van der Waals surface area (Å²) in [6.07, 6.45) is 6.32. The Morgan fingerprint density at radius 1 is 1.03 bits per heavy atom. The van der Waals surface area contributed by atoms with Gasteiger partial charge in [-0.25, -0.2) is 9.78 Å². The first kappa shape index (κ1) is 22.8. The molecule has 1 aliphatic rings. The van der Waals surface area contributed by atoms with Crippen LogP contribution in [0.25, 0.3) is 11.2 Å². The van der Waals surface area contributed by atoms with Gasteiger partial charge in [0.05, 0.1) is 6.33 Å². The maximum atomic E-state index is 12.7. The molecule has 3 aromatic rings. The molecule has 1 aromatic carbocycles. The molecule has 0 spiro atoms. The summed E-state index contributed by atoms with van der Waals surface area (Å²) in [7, 11) is 4.87. The summed E-state index contributed by atoms with van der Waals surface area (Å²) in [5.74, 6) is 0.0554. The molecule has 1 amide bonds. The van der Waals surface area contributed by atoms with Crippen LogP contribution in [0.3, 0.4) is 0 Å². The van der Waals surface area contributed by atoms with Crippen molar-refractivity contribution >= 4 is 22.8 Å². The molecule has 4 rings (SSSR count). The minimum Gasteiger partial charge on any atom is -0.372 e. The number of piperidine rings is 1. The fourth-order valence-electron chi connectivity index (χ4n) is 4.48. The van der Waals surface area contributed by atoms with Gasteiger partial charge in [-0.15, -0.1) is 0 Å². The van der Waals surface area contributed by atoms with E-state index in [0.29, 0.717) is 37.1 Å². The van der Waals surface area contributed by atoms with Crippen LogP contribution in [0.5, 0.6) is 0 Å². The van der Waals surface area contributed by atoms with Crippen LogP contribution in [-0.4, -0.2) is 49.6 Å². The molecule has 1 saturated heterocycles. The van der Waals surface area contributed by atoms with Gasteiger partial charge in [0, 0.05) is 59.4 Å². The van der Waals surface area contributed by atoms with Crippen molar-refractivity contribution in [3.8, 4) is 0 Å². The number of carbonyl (C=O) groups is 1. The summed E-state index contributed by atoms with van der Waals surface area (Å²) in [5.41, 5.74) is 2.33. The molecular weight excluding hydrogens is 420 g/mol. The molecule has 0 atom stereocenters. The van der Waals surface area contributed by atoms with E-state index in [1.54, 1.807) is 22.8 Å². The first-order valence-corrected chi connectivity index (χ1v) is 11.6. The molecule has 0 bridgehead atoms.